The van der Waals surface area contributed by atoms with Crippen LogP contribution in [0.15, 0.2) is 48.5 Å². The van der Waals surface area contributed by atoms with E-state index in [0.717, 1.165) is 30.6 Å². The molecular weight excluding hydrogens is 298 g/mol. The summed E-state index contributed by atoms with van der Waals surface area (Å²) in [4.78, 5) is 12.3. The smallest absolute Gasteiger partial charge is 0.258 e. The van der Waals surface area contributed by atoms with Crippen molar-refractivity contribution in [2.75, 3.05) is 6.61 Å². The number of ether oxygens (including phenoxy) is 1. The van der Waals surface area contributed by atoms with Crippen molar-refractivity contribution in [1.29, 1.82) is 0 Å². The van der Waals surface area contributed by atoms with Gasteiger partial charge in [0.05, 0.1) is 6.04 Å². The summed E-state index contributed by atoms with van der Waals surface area (Å²) in [5.41, 5.74) is 3.78. The first-order chi connectivity index (χ1) is 11.8. The van der Waals surface area contributed by atoms with E-state index >= 15 is 0 Å². The zero-order valence-corrected chi connectivity index (χ0v) is 14.3. The molecule has 126 valence electrons. The Morgan fingerprint density at radius 3 is 2.67 bits per heavy atom. The molecule has 2 aromatic carbocycles. The van der Waals surface area contributed by atoms with Gasteiger partial charge in [0.25, 0.3) is 5.91 Å². The largest absolute Gasteiger partial charge is 0.483 e. The van der Waals surface area contributed by atoms with Gasteiger partial charge in [-0.15, -0.1) is 0 Å². The highest BCUT2D eigenvalue weighted by Crippen LogP contribution is 2.29. The van der Waals surface area contributed by atoms with Gasteiger partial charge in [-0.2, -0.15) is 0 Å². The molecule has 1 atom stereocenters. The molecule has 3 rings (SSSR count). The standard InChI is InChI=1S/C21H25NO2/c1-2-19(17-10-4-3-5-11-17)22-21(23)15-24-20-14-8-12-16-9-6-7-13-18(16)20/h3-5,8,10-12,14,19H,2,6-7,9,13,15H2,1H3,(H,22,23)/t19-/m1/s1. The van der Waals surface area contributed by atoms with E-state index in [4.69, 9.17) is 4.74 Å². The summed E-state index contributed by atoms with van der Waals surface area (Å²) in [5, 5.41) is 3.07. The molecule has 0 saturated carbocycles. The molecule has 3 heteroatoms. The van der Waals surface area contributed by atoms with Gasteiger partial charge in [-0.1, -0.05) is 49.4 Å². The average molecular weight is 323 g/mol. The predicted molar refractivity (Wildman–Crippen MR) is 96.2 cm³/mol. The third-order valence-corrected chi connectivity index (χ3v) is 4.66. The van der Waals surface area contributed by atoms with E-state index in [0.29, 0.717) is 0 Å². The van der Waals surface area contributed by atoms with E-state index in [1.807, 2.05) is 42.5 Å². The monoisotopic (exact) mass is 323 g/mol. The highest BCUT2D eigenvalue weighted by Gasteiger charge is 2.16. The zero-order chi connectivity index (χ0) is 16.8. The molecule has 1 amide bonds. The Labute approximate surface area is 144 Å². The summed E-state index contributed by atoms with van der Waals surface area (Å²) in [7, 11) is 0. The second kappa shape index (κ2) is 8.00. The van der Waals surface area contributed by atoms with Crippen LogP contribution in [0.25, 0.3) is 0 Å². The molecule has 0 fully saturated rings. The lowest BCUT2D eigenvalue weighted by molar-refractivity contribution is -0.123. The van der Waals surface area contributed by atoms with Gasteiger partial charge < -0.3 is 10.1 Å². The summed E-state index contributed by atoms with van der Waals surface area (Å²) in [6, 6.07) is 16.3. The number of hydrogen-bond acceptors (Lipinski definition) is 2. The quantitative estimate of drug-likeness (QED) is 0.865. The number of benzene rings is 2. The maximum atomic E-state index is 12.3. The molecule has 0 unspecified atom stereocenters. The molecule has 24 heavy (non-hydrogen) atoms. The third kappa shape index (κ3) is 3.97. The molecule has 1 aliphatic carbocycles. The van der Waals surface area contributed by atoms with Crippen LogP contribution in [0.5, 0.6) is 5.75 Å². The molecule has 0 saturated heterocycles. The van der Waals surface area contributed by atoms with Crippen molar-refractivity contribution in [3.05, 3.63) is 65.2 Å². The number of hydrogen-bond donors (Lipinski definition) is 1. The van der Waals surface area contributed by atoms with Gasteiger partial charge in [-0.3, -0.25) is 4.79 Å². The molecule has 0 spiro atoms. The van der Waals surface area contributed by atoms with Crippen LogP contribution in [0.4, 0.5) is 0 Å². The van der Waals surface area contributed by atoms with E-state index < -0.39 is 0 Å². The Bertz CT molecular complexity index is 681. The lowest BCUT2D eigenvalue weighted by Gasteiger charge is -2.20. The van der Waals surface area contributed by atoms with Crippen molar-refractivity contribution in [1.82, 2.24) is 5.32 Å². The molecule has 3 nitrogen and oxygen atoms in total. The minimum absolute atomic E-state index is 0.0342. The molecule has 1 N–H and O–H groups in total. The number of carbonyl (C=O) groups is 1. The van der Waals surface area contributed by atoms with Crippen LogP contribution in [0, 0.1) is 0 Å². The molecule has 0 bridgehead atoms. The van der Waals surface area contributed by atoms with Gasteiger partial charge in [0.1, 0.15) is 5.75 Å². The Balaban J connectivity index is 1.60. The van der Waals surface area contributed by atoms with Crippen LogP contribution in [-0.2, 0) is 17.6 Å². The van der Waals surface area contributed by atoms with Gasteiger partial charge in [0.2, 0.25) is 0 Å². The van der Waals surface area contributed by atoms with E-state index in [1.54, 1.807) is 0 Å². The summed E-state index contributed by atoms with van der Waals surface area (Å²) >= 11 is 0. The van der Waals surface area contributed by atoms with E-state index in [2.05, 4.69) is 18.3 Å². The van der Waals surface area contributed by atoms with Crippen molar-refractivity contribution in [2.45, 2.75) is 45.1 Å². The van der Waals surface area contributed by atoms with Crippen molar-refractivity contribution in [3.63, 3.8) is 0 Å². The van der Waals surface area contributed by atoms with Gasteiger partial charge in [0.15, 0.2) is 6.61 Å². The maximum Gasteiger partial charge on any atom is 0.258 e. The zero-order valence-electron chi connectivity index (χ0n) is 14.3. The summed E-state index contributed by atoms with van der Waals surface area (Å²) in [5.74, 6) is 0.800. The first kappa shape index (κ1) is 16.6. The van der Waals surface area contributed by atoms with Crippen molar-refractivity contribution < 1.29 is 9.53 Å². The predicted octanol–water partition coefficient (Wildman–Crippen LogP) is 4.21. The normalized spacial score (nSPS) is 14.5. The average Bonchev–Trinajstić information content (AvgIpc) is 2.65. The Kier molecular flexibility index (Phi) is 5.52. The van der Waals surface area contributed by atoms with E-state index in [1.165, 1.54) is 24.0 Å². The minimum Gasteiger partial charge on any atom is -0.483 e. The number of fused-ring (bicyclic) bond motifs is 1. The third-order valence-electron chi connectivity index (χ3n) is 4.66. The summed E-state index contributed by atoms with van der Waals surface area (Å²) in [6.45, 7) is 2.15. The number of nitrogens with one attached hydrogen (secondary N) is 1. The van der Waals surface area contributed by atoms with E-state index in [9.17, 15) is 4.79 Å². The molecule has 2 aromatic rings. The first-order valence-corrected chi connectivity index (χ1v) is 8.85. The van der Waals surface area contributed by atoms with Crippen molar-refractivity contribution in [3.8, 4) is 5.75 Å². The minimum atomic E-state index is -0.0703. The van der Waals surface area contributed by atoms with Gasteiger partial charge >= 0.3 is 0 Å². The maximum absolute atomic E-state index is 12.3. The number of amides is 1. The van der Waals surface area contributed by atoms with Crippen LogP contribution in [-0.4, -0.2) is 12.5 Å². The van der Waals surface area contributed by atoms with E-state index in [-0.39, 0.29) is 18.6 Å². The molecule has 0 aromatic heterocycles. The van der Waals surface area contributed by atoms with Gasteiger partial charge in [-0.25, -0.2) is 0 Å². The van der Waals surface area contributed by atoms with Crippen molar-refractivity contribution in [2.24, 2.45) is 0 Å². The first-order valence-electron chi connectivity index (χ1n) is 8.85. The Morgan fingerprint density at radius 1 is 1.08 bits per heavy atom. The lowest BCUT2D eigenvalue weighted by Crippen LogP contribution is -2.32. The van der Waals surface area contributed by atoms with Crippen LogP contribution in [0.2, 0.25) is 0 Å². The highest BCUT2D eigenvalue weighted by molar-refractivity contribution is 5.78. The number of rotatable bonds is 6. The fourth-order valence-corrected chi connectivity index (χ4v) is 3.37. The number of aryl methyl sites for hydroxylation is 1. The fraction of sp³-hybridized carbons (Fsp3) is 0.381. The van der Waals surface area contributed by atoms with Crippen LogP contribution in [0.1, 0.15) is 48.9 Å². The van der Waals surface area contributed by atoms with Gasteiger partial charge in [-0.05, 0) is 54.9 Å². The molecule has 0 aliphatic heterocycles. The second-order valence-electron chi connectivity index (χ2n) is 6.33. The summed E-state index contributed by atoms with van der Waals surface area (Å²) in [6.07, 6.45) is 5.47. The molecule has 1 aliphatic rings. The Morgan fingerprint density at radius 2 is 1.88 bits per heavy atom. The topological polar surface area (TPSA) is 38.3 Å². The SMILES string of the molecule is CC[C@@H](NC(=O)COc1cccc2c1CCCC2)c1ccccc1. The number of carbonyl (C=O) groups excluding carboxylic acids is 1. The van der Waals surface area contributed by atoms with Crippen LogP contribution >= 0.6 is 0 Å². The highest BCUT2D eigenvalue weighted by atomic mass is 16.5. The summed E-state index contributed by atoms with van der Waals surface area (Å²) < 4.78 is 5.84. The van der Waals surface area contributed by atoms with Crippen LogP contribution in [0.3, 0.4) is 0 Å². The molecular formula is C21H25NO2. The Hall–Kier alpha value is -2.29. The lowest BCUT2D eigenvalue weighted by atomic mass is 9.91. The molecule has 0 heterocycles. The van der Waals surface area contributed by atoms with Crippen LogP contribution < -0.4 is 10.1 Å². The van der Waals surface area contributed by atoms with Gasteiger partial charge in [0, 0.05) is 0 Å². The second-order valence-corrected chi connectivity index (χ2v) is 6.33. The molecule has 0 radical (unpaired) electrons. The fourth-order valence-electron chi connectivity index (χ4n) is 3.37. The van der Waals surface area contributed by atoms with Crippen molar-refractivity contribution >= 4 is 5.91 Å².